The molecule has 0 aliphatic heterocycles. The van der Waals surface area contributed by atoms with E-state index >= 15 is 0 Å². The van der Waals surface area contributed by atoms with Gasteiger partial charge in [0.15, 0.2) is 11.5 Å². The summed E-state index contributed by atoms with van der Waals surface area (Å²) in [5, 5.41) is 0. The Morgan fingerprint density at radius 1 is 1.24 bits per heavy atom. The molecule has 3 aromatic rings. The van der Waals surface area contributed by atoms with Crippen LogP contribution in [-0.2, 0) is 27.0 Å². The number of nitrogens with two attached hydrogens (primary N) is 1. The van der Waals surface area contributed by atoms with E-state index in [2.05, 4.69) is 15.0 Å². The highest BCUT2D eigenvalue weighted by Crippen LogP contribution is 2.25. The third kappa shape index (κ3) is 4.57. The van der Waals surface area contributed by atoms with Crippen LogP contribution < -0.4 is 5.73 Å². The predicted molar refractivity (Wildman–Crippen MR) is 94.0 cm³/mol. The van der Waals surface area contributed by atoms with Crippen LogP contribution in [0, 0.1) is 0 Å². The van der Waals surface area contributed by atoms with Crippen molar-refractivity contribution >= 4 is 25.0 Å². The van der Waals surface area contributed by atoms with Crippen molar-refractivity contribution in [2.45, 2.75) is 26.2 Å². The van der Waals surface area contributed by atoms with Crippen molar-refractivity contribution in [3.8, 4) is 0 Å². The maximum Gasteiger partial charge on any atom is 0.537 e. The van der Waals surface area contributed by atoms with E-state index < -0.39 is 8.03 Å². The van der Waals surface area contributed by atoms with Gasteiger partial charge in [-0.2, -0.15) is 0 Å². The van der Waals surface area contributed by atoms with Gasteiger partial charge in [-0.3, -0.25) is 0 Å². The van der Waals surface area contributed by atoms with E-state index in [-0.39, 0.29) is 12.5 Å². The molecule has 2 heterocycles. The number of ether oxygens (including phenoxy) is 1. The van der Waals surface area contributed by atoms with Crippen LogP contribution in [-0.4, -0.2) is 32.0 Å². The molecule has 0 bridgehead atoms. The lowest BCUT2D eigenvalue weighted by atomic mass is 10.2. The third-order valence-corrected chi connectivity index (χ3v) is 4.34. The molecule has 0 radical (unpaired) electrons. The summed E-state index contributed by atoms with van der Waals surface area (Å²) in [5.74, 6) is 0.342. The minimum absolute atomic E-state index is 0.0348. The average molecular weight is 360 g/mol. The number of hydrogen-bond donors (Lipinski definition) is 1. The molecule has 2 atom stereocenters. The van der Waals surface area contributed by atoms with E-state index in [0.29, 0.717) is 30.1 Å². The molecule has 9 heteroatoms. The molecule has 8 nitrogen and oxygen atoms in total. The van der Waals surface area contributed by atoms with Gasteiger partial charge in [0.05, 0.1) is 19.0 Å². The molecule has 130 valence electrons. The molecular weight excluding hydrogens is 341 g/mol. The fourth-order valence-electron chi connectivity index (χ4n) is 2.31. The molecule has 2 aromatic heterocycles. The first-order valence-corrected chi connectivity index (χ1v) is 9.14. The van der Waals surface area contributed by atoms with Gasteiger partial charge in [-0.1, -0.05) is 30.3 Å². The maximum absolute atomic E-state index is 11.9. The summed E-state index contributed by atoms with van der Waals surface area (Å²) in [6.45, 7) is 2.70. The summed E-state index contributed by atoms with van der Waals surface area (Å²) in [7, 11) is -1.88. The number of nitrogens with zero attached hydrogens (tertiary/aromatic N) is 4. The fraction of sp³-hybridized carbons (Fsp3) is 0.312. The minimum Gasteiger partial charge on any atom is -0.382 e. The van der Waals surface area contributed by atoms with Crippen molar-refractivity contribution in [3.05, 3.63) is 48.5 Å². The first-order valence-electron chi connectivity index (χ1n) is 7.78. The van der Waals surface area contributed by atoms with Crippen molar-refractivity contribution < 1.29 is 13.8 Å². The van der Waals surface area contributed by atoms with E-state index in [4.69, 9.17) is 15.0 Å². The lowest BCUT2D eigenvalue weighted by Gasteiger charge is -2.10. The highest BCUT2D eigenvalue weighted by Gasteiger charge is 2.20. The average Bonchev–Trinajstić information content (AvgIpc) is 3.03. The summed E-state index contributed by atoms with van der Waals surface area (Å²) in [4.78, 5) is 12.3. The first kappa shape index (κ1) is 17.4. The first-order chi connectivity index (χ1) is 12.1. The second-order valence-electron chi connectivity index (χ2n) is 5.53. The van der Waals surface area contributed by atoms with Gasteiger partial charge in [0.1, 0.15) is 18.5 Å². The summed E-state index contributed by atoms with van der Waals surface area (Å²) in [6.07, 6.45) is 2.89. The van der Waals surface area contributed by atoms with Crippen molar-refractivity contribution in [1.29, 1.82) is 0 Å². The predicted octanol–water partition coefficient (Wildman–Crippen LogP) is 2.73. The molecule has 0 fully saturated rings. The lowest BCUT2D eigenvalue weighted by Crippen LogP contribution is -2.16. The Bertz CT molecular complexity index is 855. The van der Waals surface area contributed by atoms with Gasteiger partial charge >= 0.3 is 8.03 Å². The van der Waals surface area contributed by atoms with E-state index in [1.165, 1.54) is 6.33 Å². The van der Waals surface area contributed by atoms with E-state index in [0.717, 1.165) is 5.56 Å². The van der Waals surface area contributed by atoms with Crippen LogP contribution in [0.3, 0.4) is 0 Å². The second-order valence-corrected chi connectivity index (χ2v) is 6.71. The molecule has 0 amide bonds. The molecule has 2 N–H and O–H groups in total. The Morgan fingerprint density at radius 2 is 2.04 bits per heavy atom. The topological polar surface area (TPSA) is 105 Å². The van der Waals surface area contributed by atoms with Gasteiger partial charge in [-0.05, 0) is 17.1 Å². The smallest absolute Gasteiger partial charge is 0.382 e. The number of imidazole rings is 1. The highest BCUT2D eigenvalue weighted by atomic mass is 31.1. The maximum atomic E-state index is 11.9. The Labute approximate surface area is 145 Å². The number of aromatic nitrogens is 4. The molecule has 0 saturated heterocycles. The van der Waals surface area contributed by atoms with Gasteiger partial charge in [0.25, 0.3) is 6.35 Å². The van der Waals surface area contributed by atoms with Crippen molar-refractivity contribution in [2.24, 2.45) is 0 Å². The summed E-state index contributed by atoms with van der Waals surface area (Å²) >= 11 is 0. The summed E-state index contributed by atoms with van der Waals surface area (Å²) in [6, 6.07) is 9.59. The number of hydrogen-bond acceptors (Lipinski definition) is 7. The van der Waals surface area contributed by atoms with Crippen LogP contribution in [0.1, 0.15) is 12.5 Å². The molecule has 0 spiro atoms. The van der Waals surface area contributed by atoms with Gasteiger partial charge in [-0.25, -0.2) is 15.0 Å². The number of anilines is 1. The number of rotatable bonds is 8. The quantitative estimate of drug-likeness (QED) is 0.616. The number of benzene rings is 1. The van der Waals surface area contributed by atoms with Gasteiger partial charge < -0.3 is 15.0 Å². The van der Waals surface area contributed by atoms with Gasteiger partial charge in [0, 0.05) is 0 Å². The summed E-state index contributed by atoms with van der Waals surface area (Å²) in [5.41, 5.74) is 7.95. The molecule has 3 rings (SSSR count). The van der Waals surface area contributed by atoms with Crippen LogP contribution in [0.25, 0.3) is 11.2 Å². The molecule has 0 saturated carbocycles. The zero-order valence-corrected chi connectivity index (χ0v) is 14.7. The monoisotopic (exact) mass is 360 g/mol. The van der Waals surface area contributed by atoms with E-state index in [1.807, 2.05) is 41.8 Å². The van der Waals surface area contributed by atoms with Crippen LogP contribution >= 0.6 is 8.03 Å². The summed E-state index contributed by atoms with van der Waals surface area (Å²) < 4.78 is 24.7. The van der Waals surface area contributed by atoms with Crippen LogP contribution in [0.15, 0.2) is 43.0 Å². The fourth-order valence-corrected chi connectivity index (χ4v) is 3.05. The van der Waals surface area contributed by atoms with Crippen LogP contribution in [0.5, 0.6) is 0 Å². The molecular formula is C16H19N5O3P+. The van der Waals surface area contributed by atoms with E-state index in [1.54, 1.807) is 6.33 Å². The van der Waals surface area contributed by atoms with E-state index in [9.17, 15) is 4.57 Å². The molecule has 0 aliphatic carbocycles. The zero-order valence-electron chi connectivity index (χ0n) is 13.8. The molecule has 0 aliphatic rings. The zero-order chi connectivity index (χ0) is 17.6. The largest absolute Gasteiger partial charge is 0.537 e. The minimum atomic E-state index is -1.88. The van der Waals surface area contributed by atoms with Crippen molar-refractivity contribution in [3.63, 3.8) is 0 Å². The second kappa shape index (κ2) is 8.11. The Morgan fingerprint density at radius 3 is 2.84 bits per heavy atom. The Balaban J connectivity index is 1.48. The molecule has 1 aromatic carbocycles. The van der Waals surface area contributed by atoms with Crippen LogP contribution in [0.2, 0.25) is 0 Å². The standard InChI is InChI=1S/C16H19N5O3P/c1-12(7-21-10-20-14-15(17)18-9-19-16(14)21)23-11-25(22)24-8-13-5-3-2-4-6-13/h2-6,9-10,12H,7-8,11H2,1H3,(H2,17,18,19)/q+1/t12-/m1/s1. The normalized spacial score (nSPS) is 13.1. The number of fused-ring (bicyclic) bond motifs is 1. The molecule has 1 unspecified atom stereocenters. The van der Waals surface area contributed by atoms with Crippen molar-refractivity contribution in [1.82, 2.24) is 19.5 Å². The number of nitrogen functional groups attached to an aromatic ring is 1. The van der Waals surface area contributed by atoms with Gasteiger partial charge in [0.2, 0.25) is 0 Å². The lowest BCUT2D eigenvalue weighted by molar-refractivity contribution is 0.0819. The third-order valence-electron chi connectivity index (χ3n) is 3.57. The van der Waals surface area contributed by atoms with Gasteiger partial charge in [-0.15, -0.1) is 4.52 Å². The Hall–Kier alpha value is -2.41. The molecule has 25 heavy (non-hydrogen) atoms. The Kier molecular flexibility index (Phi) is 5.65. The van der Waals surface area contributed by atoms with Crippen LogP contribution in [0.4, 0.5) is 5.82 Å². The van der Waals surface area contributed by atoms with Crippen molar-refractivity contribution in [2.75, 3.05) is 12.1 Å². The SMILES string of the molecule is C[C@H](Cn1cnc2c(N)ncnc21)OC[P+](=O)OCc1ccccc1. The highest BCUT2D eigenvalue weighted by molar-refractivity contribution is 7.38.